The van der Waals surface area contributed by atoms with Gasteiger partial charge in [0.05, 0.1) is 5.69 Å². The van der Waals surface area contributed by atoms with Crippen molar-refractivity contribution in [2.24, 2.45) is 0 Å². The summed E-state index contributed by atoms with van der Waals surface area (Å²) in [5, 5.41) is 2.15. The third kappa shape index (κ3) is 4.71. The largest absolute Gasteiger partial charge is 0.436 e. The van der Waals surface area contributed by atoms with E-state index in [1.54, 1.807) is 0 Å². The molecule has 44 heavy (non-hydrogen) atoms. The molecule has 0 spiro atoms. The van der Waals surface area contributed by atoms with Crippen LogP contribution in [0.2, 0.25) is 0 Å². The zero-order chi connectivity index (χ0) is 29.3. The normalized spacial score (nSPS) is 11.2. The molecule has 0 fully saturated rings. The fourth-order valence-electron chi connectivity index (χ4n) is 5.94. The van der Waals surface area contributed by atoms with Gasteiger partial charge >= 0.3 is 0 Å². The molecular formula is C41H28N2O. The predicted molar refractivity (Wildman–Crippen MR) is 183 cm³/mol. The zero-order valence-electron chi connectivity index (χ0n) is 24.0. The molecule has 0 bridgehead atoms. The second-order valence-electron chi connectivity index (χ2n) is 10.8. The first-order valence-corrected chi connectivity index (χ1v) is 14.8. The summed E-state index contributed by atoms with van der Waals surface area (Å²) in [6, 6.07) is 59.2. The molecule has 0 atom stereocenters. The fourth-order valence-corrected chi connectivity index (χ4v) is 5.94. The molecule has 1 aromatic heterocycles. The van der Waals surface area contributed by atoms with Gasteiger partial charge in [0.2, 0.25) is 5.89 Å². The topological polar surface area (TPSA) is 29.3 Å². The van der Waals surface area contributed by atoms with Crippen molar-refractivity contribution >= 4 is 38.9 Å². The Morgan fingerprint density at radius 2 is 0.955 bits per heavy atom. The van der Waals surface area contributed by atoms with Crippen molar-refractivity contribution < 1.29 is 4.42 Å². The lowest BCUT2D eigenvalue weighted by Crippen LogP contribution is -2.10. The number of hydrogen-bond donors (Lipinski definition) is 0. The smallest absolute Gasteiger partial charge is 0.227 e. The highest BCUT2D eigenvalue weighted by atomic mass is 16.3. The number of benzene rings is 7. The molecule has 0 N–H and O–H groups in total. The maximum absolute atomic E-state index is 6.46. The van der Waals surface area contributed by atoms with E-state index >= 15 is 0 Å². The van der Waals surface area contributed by atoms with Gasteiger partial charge in [-0.05, 0) is 58.7 Å². The lowest BCUT2D eigenvalue weighted by molar-refractivity contribution is 0.620. The molecule has 0 aliphatic carbocycles. The Kier molecular flexibility index (Phi) is 6.47. The molecule has 0 amide bonds. The first-order valence-electron chi connectivity index (χ1n) is 14.8. The lowest BCUT2D eigenvalue weighted by Gasteiger charge is -2.27. The van der Waals surface area contributed by atoms with Gasteiger partial charge in [-0.25, -0.2) is 4.98 Å². The number of anilines is 3. The van der Waals surface area contributed by atoms with Crippen LogP contribution in [-0.4, -0.2) is 4.98 Å². The third-order valence-corrected chi connectivity index (χ3v) is 8.09. The van der Waals surface area contributed by atoms with Gasteiger partial charge < -0.3 is 9.32 Å². The molecule has 3 nitrogen and oxygen atoms in total. The van der Waals surface area contributed by atoms with Gasteiger partial charge in [0, 0.05) is 33.8 Å². The van der Waals surface area contributed by atoms with Crippen molar-refractivity contribution in [1.29, 1.82) is 0 Å². The lowest BCUT2D eigenvalue weighted by atomic mass is 10.0. The van der Waals surface area contributed by atoms with E-state index in [1.165, 1.54) is 16.7 Å². The highest BCUT2D eigenvalue weighted by molar-refractivity contribution is 6.12. The molecule has 0 aliphatic rings. The summed E-state index contributed by atoms with van der Waals surface area (Å²) < 4.78 is 6.46. The quantitative estimate of drug-likeness (QED) is 0.201. The van der Waals surface area contributed by atoms with Crippen LogP contribution >= 0.6 is 0 Å². The van der Waals surface area contributed by atoms with E-state index in [0.29, 0.717) is 5.89 Å². The minimum atomic E-state index is 0.618. The van der Waals surface area contributed by atoms with Gasteiger partial charge in [-0.2, -0.15) is 0 Å². The van der Waals surface area contributed by atoms with Crippen molar-refractivity contribution in [3.63, 3.8) is 0 Å². The van der Waals surface area contributed by atoms with E-state index in [9.17, 15) is 0 Å². The molecule has 0 saturated carbocycles. The van der Waals surface area contributed by atoms with Gasteiger partial charge in [0.25, 0.3) is 0 Å². The number of aromatic nitrogens is 1. The van der Waals surface area contributed by atoms with Crippen molar-refractivity contribution in [2.45, 2.75) is 0 Å². The average Bonchev–Trinajstić information content (AvgIpc) is 3.55. The maximum atomic E-state index is 6.46. The first-order chi connectivity index (χ1) is 21.8. The van der Waals surface area contributed by atoms with E-state index in [-0.39, 0.29) is 0 Å². The number of oxazole rings is 1. The molecule has 0 radical (unpaired) electrons. The standard InChI is InChI=1S/C41H28N2O/c1-4-13-29(14-5-1)31-23-25-34(26-24-31)43(35-20-12-19-33(27-35)30-15-6-2-7-16-30)38-28-39-40(37-22-11-10-21-36(37)38)42-41(44-39)32-17-8-3-9-18-32/h1-28H. The second kappa shape index (κ2) is 11.0. The SMILES string of the molecule is c1ccc(-c2ccc(N(c3cccc(-c4ccccc4)c3)c3cc4oc(-c5ccccc5)nc4c4ccccc34)cc2)cc1. The molecule has 0 unspecified atom stereocenters. The third-order valence-electron chi connectivity index (χ3n) is 8.09. The average molecular weight is 565 g/mol. The molecule has 3 heteroatoms. The number of nitrogens with zero attached hydrogens (tertiary/aromatic N) is 2. The molecule has 0 saturated heterocycles. The van der Waals surface area contributed by atoms with Crippen molar-refractivity contribution in [3.05, 3.63) is 170 Å². The van der Waals surface area contributed by atoms with Crippen LogP contribution in [0.4, 0.5) is 17.1 Å². The number of fused-ring (bicyclic) bond motifs is 3. The van der Waals surface area contributed by atoms with E-state index < -0.39 is 0 Å². The van der Waals surface area contributed by atoms with Crippen LogP contribution in [0.3, 0.4) is 0 Å². The Morgan fingerprint density at radius 1 is 0.409 bits per heavy atom. The van der Waals surface area contributed by atoms with Crippen molar-refractivity contribution in [1.82, 2.24) is 4.98 Å². The van der Waals surface area contributed by atoms with Gasteiger partial charge in [-0.1, -0.05) is 127 Å². The Labute approximate surface area is 256 Å². The Bertz CT molecular complexity index is 2200. The summed E-state index contributed by atoms with van der Waals surface area (Å²) >= 11 is 0. The van der Waals surface area contributed by atoms with Crippen LogP contribution in [0, 0.1) is 0 Å². The van der Waals surface area contributed by atoms with Gasteiger partial charge in [0.15, 0.2) is 5.58 Å². The Morgan fingerprint density at radius 3 is 1.64 bits per heavy atom. The maximum Gasteiger partial charge on any atom is 0.227 e. The monoisotopic (exact) mass is 564 g/mol. The van der Waals surface area contributed by atoms with E-state index in [0.717, 1.165) is 50.1 Å². The van der Waals surface area contributed by atoms with Crippen LogP contribution < -0.4 is 4.90 Å². The first kappa shape index (κ1) is 25.8. The van der Waals surface area contributed by atoms with Gasteiger partial charge in [-0.15, -0.1) is 0 Å². The number of rotatable bonds is 6. The summed E-state index contributed by atoms with van der Waals surface area (Å²) in [7, 11) is 0. The number of hydrogen-bond acceptors (Lipinski definition) is 3. The van der Waals surface area contributed by atoms with E-state index in [2.05, 4.69) is 138 Å². The van der Waals surface area contributed by atoms with Gasteiger partial charge in [-0.3, -0.25) is 0 Å². The molecule has 8 rings (SSSR count). The van der Waals surface area contributed by atoms with Crippen LogP contribution in [0.15, 0.2) is 174 Å². The minimum absolute atomic E-state index is 0.618. The Hall–Kier alpha value is -5.93. The van der Waals surface area contributed by atoms with Crippen LogP contribution in [0.1, 0.15) is 0 Å². The highest BCUT2D eigenvalue weighted by Gasteiger charge is 2.21. The summed E-state index contributed by atoms with van der Waals surface area (Å²) in [6.07, 6.45) is 0. The minimum Gasteiger partial charge on any atom is -0.436 e. The summed E-state index contributed by atoms with van der Waals surface area (Å²) in [5.41, 5.74) is 10.4. The molecule has 7 aromatic carbocycles. The molecule has 8 aromatic rings. The van der Waals surface area contributed by atoms with Crippen LogP contribution in [0.25, 0.3) is 55.6 Å². The second-order valence-corrected chi connectivity index (χ2v) is 10.8. The summed E-state index contributed by atoms with van der Waals surface area (Å²) in [5.74, 6) is 0.618. The predicted octanol–water partition coefficient (Wildman–Crippen LogP) is 11.5. The van der Waals surface area contributed by atoms with Crippen molar-refractivity contribution in [3.8, 4) is 33.7 Å². The molecular weight excluding hydrogens is 536 g/mol. The molecule has 208 valence electrons. The van der Waals surface area contributed by atoms with Crippen LogP contribution in [-0.2, 0) is 0 Å². The highest BCUT2D eigenvalue weighted by Crippen LogP contribution is 2.43. The van der Waals surface area contributed by atoms with E-state index in [4.69, 9.17) is 9.40 Å². The fraction of sp³-hybridized carbons (Fsp3) is 0. The van der Waals surface area contributed by atoms with Crippen molar-refractivity contribution in [2.75, 3.05) is 4.90 Å². The van der Waals surface area contributed by atoms with E-state index in [1.807, 2.05) is 36.4 Å². The van der Waals surface area contributed by atoms with Gasteiger partial charge in [0.1, 0.15) is 5.52 Å². The summed E-state index contributed by atoms with van der Waals surface area (Å²) in [4.78, 5) is 7.30. The molecule has 0 aliphatic heterocycles. The van der Waals surface area contributed by atoms with Crippen LogP contribution in [0.5, 0.6) is 0 Å². The Balaban J connectivity index is 1.35. The zero-order valence-corrected chi connectivity index (χ0v) is 24.0. The molecule has 1 heterocycles. The summed E-state index contributed by atoms with van der Waals surface area (Å²) in [6.45, 7) is 0.